The number of carbonyl (C=O) groups is 2. The van der Waals surface area contributed by atoms with Gasteiger partial charge < -0.3 is 9.80 Å². The van der Waals surface area contributed by atoms with Crippen LogP contribution in [0, 0.1) is 5.82 Å². The summed E-state index contributed by atoms with van der Waals surface area (Å²) in [6, 6.07) is 6.19. The van der Waals surface area contributed by atoms with E-state index < -0.39 is 0 Å². The molecule has 0 spiro atoms. The summed E-state index contributed by atoms with van der Waals surface area (Å²) in [7, 11) is 0. The van der Waals surface area contributed by atoms with Crippen LogP contribution < -0.4 is 9.80 Å². The Hall–Kier alpha value is -1.95. The van der Waals surface area contributed by atoms with Crippen molar-refractivity contribution in [3.8, 4) is 0 Å². The Balaban J connectivity index is 1.62. The lowest BCUT2D eigenvalue weighted by atomic mass is 10.1. The molecule has 3 rings (SSSR count). The molecule has 2 aliphatic rings. The first-order valence-electron chi connectivity index (χ1n) is 8.18. The number of quaternary nitrogens is 1. The monoisotopic (exact) mass is 320 g/mol. The van der Waals surface area contributed by atoms with E-state index in [0.29, 0.717) is 6.42 Å². The topological polar surface area (TPSA) is 45.1 Å². The van der Waals surface area contributed by atoms with Crippen molar-refractivity contribution in [1.29, 1.82) is 0 Å². The summed E-state index contributed by atoms with van der Waals surface area (Å²) in [6.45, 7) is 6.99. The summed E-state index contributed by atoms with van der Waals surface area (Å²) in [5, 5.41) is 0. The van der Waals surface area contributed by atoms with E-state index in [1.807, 2.05) is 13.8 Å². The number of nitrogens with zero attached hydrogens (tertiary/aromatic N) is 2. The third-order valence-corrected chi connectivity index (χ3v) is 4.79. The van der Waals surface area contributed by atoms with Crippen molar-refractivity contribution in [3.05, 3.63) is 30.1 Å². The number of carbonyl (C=O) groups excluding carboxylic acids is 2. The van der Waals surface area contributed by atoms with Crippen LogP contribution in [0.2, 0.25) is 0 Å². The van der Waals surface area contributed by atoms with Crippen molar-refractivity contribution in [2.24, 2.45) is 0 Å². The number of hydrogen-bond donors (Lipinski definition) is 1. The maximum atomic E-state index is 13.0. The molecule has 1 atom stereocenters. The number of piperazine rings is 1. The van der Waals surface area contributed by atoms with Crippen molar-refractivity contribution in [1.82, 2.24) is 4.90 Å². The molecule has 23 heavy (non-hydrogen) atoms. The minimum Gasteiger partial charge on any atom is -0.360 e. The Bertz CT molecular complexity index is 594. The summed E-state index contributed by atoms with van der Waals surface area (Å²) >= 11 is 0. The highest BCUT2D eigenvalue weighted by Gasteiger charge is 2.46. The number of amides is 2. The predicted molar refractivity (Wildman–Crippen MR) is 84.7 cm³/mol. The molecule has 2 fully saturated rings. The van der Waals surface area contributed by atoms with Crippen molar-refractivity contribution >= 4 is 17.5 Å². The fourth-order valence-corrected chi connectivity index (χ4v) is 3.57. The molecule has 0 unspecified atom stereocenters. The zero-order chi connectivity index (χ0) is 16.6. The van der Waals surface area contributed by atoms with E-state index in [1.54, 1.807) is 12.1 Å². The standard InChI is InChI=1S/C17H22FN3O2/c1-12(2)21-16(22)11-15(17(21)23)20-9-7-19(8-10-20)14-5-3-13(18)4-6-14/h3-6,12,15H,7-11H2,1-2H3/p+1/t15-/m1/s1. The highest BCUT2D eigenvalue weighted by atomic mass is 19.1. The summed E-state index contributed by atoms with van der Waals surface area (Å²) < 4.78 is 13.0. The highest BCUT2D eigenvalue weighted by Crippen LogP contribution is 2.17. The van der Waals surface area contributed by atoms with Crippen LogP contribution in [0.3, 0.4) is 0 Å². The molecule has 124 valence electrons. The minimum absolute atomic E-state index is 0.0322. The van der Waals surface area contributed by atoms with Crippen LogP contribution in [0.15, 0.2) is 24.3 Å². The first kappa shape index (κ1) is 15.9. The SMILES string of the molecule is CC(C)N1C(=O)C[C@@H]([NH+]2CCN(c3ccc(F)cc3)CC2)C1=O. The van der Waals surface area contributed by atoms with Gasteiger partial charge in [-0.15, -0.1) is 0 Å². The van der Waals surface area contributed by atoms with Crippen LogP contribution in [0.25, 0.3) is 0 Å². The number of halogens is 1. The van der Waals surface area contributed by atoms with Crippen LogP contribution >= 0.6 is 0 Å². The second kappa shape index (κ2) is 6.28. The molecule has 2 amide bonds. The summed E-state index contributed by atoms with van der Waals surface area (Å²) in [6.07, 6.45) is 0.322. The largest absolute Gasteiger partial charge is 0.360 e. The summed E-state index contributed by atoms with van der Waals surface area (Å²) in [5.41, 5.74) is 1.00. The maximum absolute atomic E-state index is 13.0. The third-order valence-electron chi connectivity index (χ3n) is 4.79. The molecule has 2 saturated heterocycles. The molecular formula is C17H23FN3O2+. The van der Waals surface area contributed by atoms with Crippen molar-refractivity contribution < 1.29 is 18.9 Å². The number of hydrogen-bond acceptors (Lipinski definition) is 3. The van der Waals surface area contributed by atoms with Crippen molar-refractivity contribution in [2.45, 2.75) is 32.4 Å². The van der Waals surface area contributed by atoms with Gasteiger partial charge in [0.25, 0.3) is 5.91 Å². The molecule has 1 aromatic rings. The number of imide groups is 1. The second-order valence-electron chi connectivity index (χ2n) is 6.57. The van der Waals surface area contributed by atoms with Gasteiger partial charge in [-0.05, 0) is 38.1 Å². The first-order valence-corrected chi connectivity index (χ1v) is 8.18. The maximum Gasteiger partial charge on any atom is 0.288 e. The molecule has 6 heteroatoms. The first-order chi connectivity index (χ1) is 11.0. The molecule has 2 heterocycles. The Labute approximate surface area is 135 Å². The van der Waals surface area contributed by atoms with E-state index in [4.69, 9.17) is 0 Å². The van der Waals surface area contributed by atoms with Crippen LogP contribution in [0.5, 0.6) is 0 Å². The Kier molecular flexibility index (Phi) is 4.35. The molecule has 1 N–H and O–H groups in total. The van der Waals surface area contributed by atoms with Gasteiger partial charge in [-0.1, -0.05) is 0 Å². The fraction of sp³-hybridized carbons (Fsp3) is 0.529. The highest BCUT2D eigenvalue weighted by molar-refractivity contribution is 6.05. The normalized spacial score (nSPS) is 23.2. The zero-order valence-corrected chi connectivity index (χ0v) is 13.6. The predicted octanol–water partition coefficient (Wildman–Crippen LogP) is 0.0665. The number of anilines is 1. The number of nitrogens with one attached hydrogen (secondary N) is 1. The summed E-state index contributed by atoms with van der Waals surface area (Å²) in [4.78, 5) is 29.3. The third kappa shape index (κ3) is 3.08. The molecule has 2 aliphatic heterocycles. The lowest BCUT2D eigenvalue weighted by Gasteiger charge is -2.35. The second-order valence-corrected chi connectivity index (χ2v) is 6.57. The fourth-order valence-electron chi connectivity index (χ4n) is 3.57. The molecule has 0 aliphatic carbocycles. The molecule has 0 saturated carbocycles. The molecule has 0 bridgehead atoms. The Morgan fingerprint density at radius 2 is 1.74 bits per heavy atom. The number of benzene rings is 1. The summed E-state index contributed by atoms with van der Waals surface area (Å²) in [5.74, 6) is -0.319. The molecular weight excluding hydrogens is 297 g/mol. The zero-order valence-electron chi connectivity index (χ0n) is 13.6. The Morgan fingerprint density at radius 1 is 1.13 bits per heavy atom. The molecule has 5 nitrogen and oxygen atoms in total. The quantitative estimate of drug-likeness (QED) is 0.802. The van der Waals surface area contributed by atoms with Crippen molar-refractivity contribution in [2.75, 3.05) is 31.1 Å². The van der Waals surface area contributed by atoms with Crippen LogP contribution in [-0.2, 0) is 9.59 Å². The van der Waals surface area contributed by atoms with E-state index in [0.717, 1.165) is 31.9 Å². The van der Waals surface area contributed by atoms with Crippen molar-refractivity contribution in [3.63, 3.8) is 0 Å². The van der Waals surface area contributed by atoms with Gasteiger partial charge in [0.05, 0.1) is 32.6 Å². The number of rotatable bonds is 3. The molecule has 0 radical (unpaired) electrons. The van der Waals surface area contributed by atoms with Gasteiger partial charge >= 0.3 is 0 Å². The van der Waals surface area contributed by atoms with E-state index in [-0.39, 0.29) is 29.7 Å². The van der Waals surface area contributed by atoms with E-state index in [2.05, 4.69) is 4.90 Å². The van der Waals surface area contributed by atoms with Gasteiger partial charge in [0.15, 0.2) is 6.04 Å². The Morgan fingerprint density at radius 3 is 2.26 bits per heavy atom. The van der Waals surface area contributed by atoms with Gasteiger partial charge in [0.2, 0.25) is 5.91 Å². The van der Waals surface area contributed by atoms with Gasteiger partial charge in [-0.3, -0.25) is 14.5 Å². The molecule has 0 aromatic heterocycles. The minimum atomic E-state index is -0.236. The average molecular weight is 320 g/mol. The van der Waals surface area contributed by atoms with E-state index in [9.17, 15) is 14.0 Å². The van der Waals surface area contributed by atoms with Gasteiger partial charge in [-0.2, -0.15) is 0 Å². The van der Waals surface area contributed by atoms with Gasteiger partial charge in [0.1, 0.15) is 5.82 Å². The lowest BCUT2D eigenvalue weighted by molar-refractivity contribution is -0.915. The van der Waals surface area contributed by atoms with E-state index >= 15 is 0 Å². The van der Waals surface area contributed by atoms with Crippen LogP contribution in [-0.4, -0.2) is 55.0 Å². The number of likely N-dealkylation sites (tertiary alicyclic amines) is 1. The van der Waals surface area contributed by atoms with Gasteiger partial charge in [0, 0.05) is 11.7 Å². The molecule has 1 aromatic carbocycles. The van der Waals surface area contributed by atoms with Crippen LogP contribution in [0.1, 0.15) is 20.3 Å². The van der Waals surface area contributed by atoms with E-state index in [1.165, 1.54) is 21.9 Å². The van der Waals surface area contributed by atoms with Gasteiger partial charge in [-0.25, -0.2) is 4.39 Å². The average Bonchev–Trinajstić information content (AvgIpc) is 2.83. The van der Waals surface area contributed by atoms with Crippen LogP contribution in [0.4, 0.5) is 10.1 Å². The lowest BCUT2D eigenvalue weighted by Crippen LogP contribution is -3.19. The smallest absolute Gasteiger partial charge is 0.288 e.